The number of halogens is 3. The van der Waals surface area contributed by atoms with Crippen molar-refractivity contribution in [3.8, 4) is 0 Å². The number of allylic oxidation sites excluding steroid dienone is 4. The second kappa shape index (κ2) is 3.33. The standard InChI is InChI=1S/C6H7F3/c1-3-5(8)6(9)4(2)7/h3H,1-2H3/b5-3+,6-4-. The molecule has 0 rings (SSSR count). The van der Waals surface area contributed by atoms with E-state index in [1.807, 2.05) is 0 Å². The first-order valence-corrected chi connectivity index (χ1v) is 2.43. The van der Waals surface area contributed by atoms with Crippen molar-refractivity contribution < 1.29 is 13.2 Å². The molecule has 0 heterocycles. The van der Waals surface area contributed by atoms with E-state index in [4.69, 9.17) is 0 Å². The molecule has 52 valence electrons. The molecule has 0 fully saturated rings. The molecule has 0 unspecified atom stereocenters. The molecule has 3 heteroatoms. The van der Waals surface area contributed by atoms with Crippen LogP contribution in [0.3, 0.4) is 0 Å². The van der Waals surface area contributed by atoms with Gasteiger partial charge in [-0.1, -0.05) is 0 Å². The highest BCUT2D eigenvalue weighted by atomic mass is 19.2. The van der Waals surface area contributed by atoms with E-state index in [0.717, 1.165) is 13.0 Å². The molecule has 0 atom stereocenters. The Labute approximate surface area is 51.7 Å². The van der Waals surface area contributed by atoms with Crippen LogP contribution in [-0.4, -0.2) is 0 Å². The normalized spacial score (nSPS) is 15.4. The van der Waals surface area contributed by atoms with Crippen LogP contribution in [0.15, 0.2) is 23.6 Å². The zero-order valence-corrected chi connectivity index (χ0v) is 5.21. The second-order valence-electron chi connectivity index (χ2n) is 1.48. The maximum absolute atomic E-state index is 12.0. The highest BCUT2D eigenvalue weighted by Crippen LogP contribution is 2.17. The van der Waals surface area contributed by atoms with Crippen molar-refractivity contribution in [3.05, 3.63) is 23.6 Å². The zero-order valence-electron chi connectivity index (χ0n) is 5.21. The van der Waals surface area contributed by atoms with Crippen LogP contribution in [0.2, 0.25) is 0 Å². The summed E-state index contributed by atoms with van der Waals surface area (Å²) in [5.74, 6) is -3.71. The molecule has 0 bridgehead atoms. The summed E-state index contributed by atoms with van der Waals surface area (Å²) >= 11 is 0. The highest BCUT2D eigenvalue weighted by molar-refractivity contribution is 5.19. The van der Waals surface area contributed by atoms with Crippen molar-refractivity contribution in [1.82, 2.24) is 0 Å². The monoisotopic (exact) mass is 136 g/mol. The zero-order chi connectivity index (χ0) is 7.44. The van der Waals surface area contributed by atoms with Gasteiger partial charge in [0.25, 0.3) is 0 Å². The van der Waals surface area contributed by atoms with Crippen LogP contribution in [0.1, 0.15) is 13.8 Å². The van der Waals surface area contributed by atoms with Crippen LogP contribution in [0.5, 0.6) is 0 Å². The molecule has 0 spiro atoms. The summed E-state index contributed by atoms with van der Waals surface area (Å²) in [6, 6.07) is 0. The molecule has 0 aromatic carbocycles. The van der Waals surface area contributed by atoms with E-state index in [1.54, 1.807) is 0 Å². The molecule has 0 aromatic heterocycles. The molecule has 0 saturated carbocycles. The number of hydrogen-bond acceptors (Lipinski definition) is 0. The Hall–Kier alpha value is -0.730. The van der Waals surface area contributed by atoms with Crippen LogP contribution in [-0.2, 0) is 0 Å². The van der Waals surface area contributed by atoms with Gasteiger partial charge in [0, 0.05) is 0 Å². The number of rotatable bonds is 1. The summed E-state index contributed by atoms with van der Waals surface area (Å²) in [6.07, 6.45) is 0.860. The Morgan fingerprint density at radius 2 is 1.67 bits per heavy atom. The molecular weight excluding hydrogens is 129 g/mol. The predicted octanol–water partition coefficient (Wildman–Crippen LogP) is 3.03. The predicted molar refractivity (Wildman–Crippen MR) is 29.8 cm³/mol. The first-order chi connectivity index (χ1) is 4.09. The highest BCUT2D eigenvalue weighted by Gasteiger charge is 2.04. The Morgan fingerprint density at radius 3 is 1.78 bits per heavy atom. The fourth-order valence-corrected chi connectivity index (χ4v) is 0.291. The Morgan fingerprint density at radius 1 is 1.22 bits per heavy atom. The molecule has 0 nitrogen and oxygen atoms in total. The summed E-state index contributed by atoms with van der Waals surface area (Å²) in [4.78, 5) is 0. The Balaban J connectivity index is 4.40. The smallest absolute Gasteiger partial charge is 0.189 e. The van der Waals surface area contributed by atoms with Gasteiger partial charge >= 0.3 is 0 Å². The lowest BCUT2D eigenvalue weighted by Crippen LogP contribution is -1.76. The van der Waals surface area contributed by atoms with Gasteiger partial charge in [0.05, 0.1) is 0 Å². The maximum atomic E-state index is 12.0. The average molecular weight is 136 g/mol. The van der Waals surface area contributed by atoms with E-state index in [1.165, 1.54) is 6.92 Å². The molecule has 0 saturated heterocycles. The van der Waals surface area contributed by atoms with Crippen molar-refractivity contribution >= 4 is 0 Å². The van der Waals surface area contributed by atoms with E-state index < -0.39 is 17.5 Å². The third kappa shape index (κ3) is 2.35. The van der Waals surface area contributed by atoms with Gasteiger partial charge in [-0.2, -0.15) is 0 Å². The van der Waals surface area contributed by atoms with Gasteiger partial charge in [0.2, 0.25) is 0 Å². The van der Waals surface area contributed by atoms with Crippen LogP contribution in [0, 0.1) is 0 Å². The summed E-state index contributed by atoms with van der Waals surface area (Å²) in [5.41, 5.74) is 0. The lowest BCUT2D eigenvalue weighted by Gasteiger charge is -1.89. The Bertz CT molecular complexity index is 152. The van der Waals surface area contributed by atoms with Gasteiger partial charge in [-0.25, -0.2) is 13.2 Å². The lowest BCUT2D eigenvalue weighted by atomic mass is 10.4. The van der Waals surface area contributed by atoms with E-state index in [-0.39, 0.29) is 0 Å². The molecule has 0 aliphatic carbocycles. The van der Waals surface area contributed by atoms with Crippen LogP contribution < -0.4 is 0 Å². The Kier molecular flexibility index (Phi) is 3.06. The lowest BCUT2D eigenvalue weighted by molar-refractivity contribution is 0.493. The molecule has 0 aromatic rings. The molecular formula is C6H7F3. The first-order valence-electron chi connectivity index (χ1n) is 2.43. The minimum atomic E-state index is -1.42. The van der Waals surface area contributed by atoms with Crippen molar-refractivity contribution in [2.45, 2.75) is 13.8 Å². The fourth-order valence-electron chi connectivity index (χ4n) is 0.291. The van der Waals surface area contributed by atoms with E-state index in [9.17, 15) is 13.2 Å². The van der Waals surface area contributed by atoms with Gasteiger partial charge < -0.3 is 0 Å². The third-order valence-corrected chi connectivity index (χ3v) is 0.766. The topological polar surface area (TPSA) is 0 Å². The fraction of sp³-hybridized carbons (Fsp3) is 0.333. The van der Waals surface area contributed by atoms with Gasteiger partial charge in [0.15, 0.2) is 11.7 Å². The quantitative estimate of drug-likeness (QED) is 0.486. The van der Waals surface area contributed by atoms with Gasteiger partial charge in [-0.05, 0) is 19.9 Å². The minimum Gasteiger partial charge on any atom is -0.209 e. The minimum absolute atomic E-state index is 0.860. The van der Waals surface area contributed by atoms with Crippen LogP contribution in [0.4, 0.5) is 13.2 Å². The van der Waals surface area contributed by atoms with Crippen LogP contribution >= 0.6 is 0 Å². The van der Waals surface area contributed by atoms with E-state index in [2.05, 4.69) is 0 Å². The summed E-state index contributed by atoms with van der Waals surface area (Å²) < 4.78 is 35.7. The molecule has 9 heavy (non-hydrogen) atoms. The molecule has 0 amide bonds. The number of hydrogen-bond donors (Lipinski definition) is 0. The van der Waals surface area contributed by atoms with Crippen molar-refractivity contribution in [3.63, 3.8) is 0 Å². The molecule has 0 radical (unpaired) electrons. The van der Waals surface area contributed by atoms with Crippen molar-refractivity contribution in [2.24, 2.45) is 0 Å². The summed E-state index contributed by atoms with van der Waals surface area (Å²) in [6.45, 7) is 2.15. The maximum Gasteiger partial charge on any atom is 0.189 e. The van der Waals surface area contributed by atoms with E-state index >= 15 is 0 Å². The van der Waals surface area contributed by atoms with Crippen molar-refractivity contribution in [1.29, 1.82) is 0 Å². The largest absolute Gasteiger partial charge is 0.209 e. The summed E-state index contributed by atoms with van der Waals surface area (Å²) in [7, 11) is 0. The van der Waals surface area contributed by atoms with Gasteiger partial charge in [0.1, 0.15) is 5.83 Å². The second-order valence-corrected chi connectivity index (χ2v) is 1.48. The van der Waals surface area contributed by atoms with Crippen molar-refractivity contribution in [2.75, 3.05) is 0 Å². The van der Waals surface area contributed by atoms with E-state index in [0.29, 0.717) is 0 Å². The van der Waals surface area contributed by atoms with Gasteiger partial charge in [-0.3, -0.25) is 0 Å². The van der Waals surface area contributed by atoms with Crippen LogP contribution in [0.25, 0.3) is 0 Å². The molecule has 0 aliphatic rings. The molecule has 0 aliphatic heterocycles. The SMILES string of the molecule is C/C=C(F)\C(F)=C(/C)F. The average Bonchev–Trinajstić information content (AvgIpc) is 1.84. The summed E-state index contributed by atoms with van der Waals surface area (Å²) in [5, 5.41) is 0. The third-order valence-electron chi connectivity index (χ3n) is 0.766. The van der Waals surface area contributed by atoms with Gasteiger partial charge in [-0.15, -0.1) is 0 Å². The first kappa shape index (κ1) is 8.27. The molecule has 0 N–H and O–H groups in total.